The Morgan fingerprint density at radius 3 is 1.22 bits per heavy atom. The van der Waals surface area contributed by atoms with Gasteiger partial charge in [-0.3, -0.25) is 51.0 Å². The van der Waals surface area contributed by atoms with Crippen LogP contribution in [0.5, 0.6) is 0 Å². The van der Waals surface area contributed by atoms with Crippen LogP contribution in [0.4, 0.5) is 62.6 Å². The normalized spacial score (nSPS) is 16.1. The van der Waals surface area contributed by atoms with Crippen molar-refractivity contribution >= 4 is 184 Å². The highest BCUT2D eigenvalue weighted by molar-refractivity contribution is 7.91. The molecule has 11 aromatic carbocycles. The largest absolute Gasteiger partial charge is 0.378 e. The molecule has 12 aromatic rings. The number of nitrogens with zero attached hydrogens (tertiary/aromatic N) is 7. The Kier molecular flexibility index (Phi) is 30.7. The average Bonchev–Trinajstić information content (AvgIpc) is 0.787. The van der Waals surface area contributed by atoms with Gasteiger partial charge < -0.3 is 41.5 Å². The molecule has 6 amide bonds. The first-order chi connectivity index (χ1) is 63.4. The molecule has 1 aromatic heterocycles. The number of fused-ring (bicyclic) bond motifs is 1. The molecule has 5 saturated heterocycles. The standard InChI is InChI=1S/C26H28ClN5O4S.C24H23ClN4O4S.C23H21ClN4O4S.C21H21N3O3S/c1-30-12-3-13-32(37(30,34)35)21-8-5-19(6-9-21)26(33)29-20-7-10-23(27)22(18-20)25-24(4-2-11-28-25)31-14-16-36-17-15-31;1-16-4-2-5-18(14-16)24(31)28-22-15-19(8-11-21(22)25)27-23(30)17-6-9-20(10-7-17)29-13-3-12-26-34(29,32)33;24-20-12-9-18(15-21(20)27-23(30)16-5-2-1-3-6-16)26-22(29)17-7-10-19(11-8-17)28-14-4-13-25-33(28,31)32;1-15-5-2-7-19-18(15)6-3-8-20(19)23-21(25)16-9-11-17(12-10-16)24-14-4-13-22-28(24,26)27/h2,4-11,18H,3,12-17H2,1H3,(H,29,33);2,4-11,14-15,26H,3,12-13H2,1H3,(H,27,30)(H,28,31);1-3,5-12,15,25H,4,13-14H2,(H,26,29)(H,27,30);2-3,5-12,22H,4,13-14H2,1H3,(H,23,25). The maximum Gasteiger partial charge on any atom is 0.303 e. The van der Waals surface area contributed by atoms with Gasteiger partial charge in [-0.2, -0.15) is 52.1 Å². The number of aromatic nitrogens is 1. The van der Waals surface area contributed by atoms with E-state index in [4.69, 9.17) is 39.5 Å². The fourth-order valence-corrected chi connectivity index (χ4v) is 20.8. The molecular formula is C94H93Cl3N16O15S4. The summed E-state index contributed by atoms with van der Waals surface area (Å²) in [5.74, 6) is -1.95. The highest BCUT2D eigenvalue weighted by Gasteiger charge is 2.33. The third-order valence-electron chi connectivity index (χ3n) is 21.8. The van der Waals surface area contributed by atoms with E-state index in [1.807, 2.05) is 80.6 Å². The van der Waals surface area contributed by atoms with Crippen LogP contribution in [0.25, 0.3) is 22.0 Å². The second-order valence-electron chi connectivity index (χ2n) is 30.9. The Morgan fingerprint density at radius 2 is 0.750 bits per heavy atom. The van der Waals surface area contributed by atoms with Crippen LogP contribution in [-0.2, 0) is 45.6 Å². The van der Waals surface area contributed by atoms with Gasteiger partial charge in [0.15, 0.2) is 0 Å². The Morgan fingerprint density at radius 1 is 0.356 bits per heavy atom. The van der Waals surface area contributed by atoms with E-state index in [1.54, 1.807) is 201 Å². The van der Waals surface area contributed by atoms with Crippen LogP contribution in [-0.4, -0.2) is 164 Å². The van der Waals surface area contributed by atoms with Gasteiger partial charge in [0.1, 0.15) is 0 Å². The van der Waals surface area contributed by atoms with E-state index in [0.29, 0.717) is 178 Å². The number of aryl methyl sites for hydroxylation is 2. The lowest BCUT2D eigenvalue weighted by atomic mass is 10.0. The molecule has 0 unspecified atom stereocenters. The van der Waals surface area contributed by atoms with E-state index >= 15 is 0 Å². The summed E-state index contributed by atoms with van der Waals surface area (Å²) in [5.41, 5.74) is 12.1. The number of amides is 6. The van der Waals surface area contributed by atoms with E-state index in [-0.39, 0.29) is 35.4 Å². The number of halogens is 3. The number of hydrogen-bond donors (Lipinski definition) is 9. The zero-order valence-electron chi connectivity index (χ0n) is 71.7. The van der Waals surface area contributed by atoms with Crippen molar-refractivity contribution in [1.82, 2.24) is 23.5 Å². The van der Waals surface area contributed by atoms with E-state index in [0.717, 1.165) is 70.5 Å². The van der Waals surface area contributed by atoms with Gasteiger partial charge in [-0.05, 0) is 245 Å². The highest BCUT2D eigenvalue weighted by Crippen LogP contribution is 2.38. The summed E-state index contributed by atoms with van der Waals surface area (Å²) in [6.45, 7) is 10.1. The minimum atomic E-state index is -3.56. The summed E-state index contributed by atoms with van der Waals surface area (Å²) in [6, 6.07) is 72.2. The molecule has 5 fully saturated rings. The quantitative estimate of drug-likeness (QED) is 0.0385. The maximum atomic E-state index is 13.0. The summed E-state index contributed by atoms with van der Waals surface area (Å²) >= 11 is 19.0. The van der Waals surface area contributed by atoms with Gasteiger partial charge in [0.2, 0.25) is 0 Å². The van der Waals surface area contributed by atoms with E-state index in [9.17, 15) is 62.4 Å². The molecule has 0 atom stereocenters. The molecule has 38 heteroatoms. The first-order valence-electron chi connectivity index (χ1n) is 42.0. The molecule has 0 spiro atoms. The molecule has 17 rings (SSSR count). The van der Waals surface area contributed by atoms with E-state index < -0.39 is 40.8 Å². The minimum absolute atomic E-state index is 0.236. The van der Waals surface area contributed by atoms with Crippen molar-refractivity contribution in [2.45, 2.75) is 39.5 Å². The third kappa shape index (κ3) is 23.5. The van der Waals surface area contributed by atoms with Gasteiger partial charge in [-0.15, -0.1) is 0 Å². The SMILES string of the molecule is CN1CCCN(c2ccc(C(=O)Nc3ccc(Cl)c(-c4ncccc4N4CCOCC4)c3)cc2)S1(=O)=O.Cc1cccc(C(=O)Nc2cc(NC(=O)c3ccc(N4CCCNS4(=O)=O)cc3)ccc2Cl)c1.Cc1cccc2c(NC(=O)c3ccc(N4CCCNS4(=O)=O)cc3)cccc12.O=C(Nc1ccc(Cl)c(NC(=O)c2ccccc2)c1)c1ccc(N2CCCNS2(=O)=O)cc1. The lowest BCUT2D eigenvalue weighted by molar-refractivity contribution is 0.101. The van der Waals surface area contributed by atoms with Crippen LogP contribution in [0.2, 0.25) is 15.1 Å². The zero-order valence-corrected chi connectivity index (χ0v) is 77.2. The number of carbonyl (C=O) groups is 6. The average molecular weight is 1920 g/mol. The van der Waals surface area contributed by atoms with Crippen LogP contribution >= 0.6 is 34.8 Å². The van der Waals surface area contributed by atoms with Gasteiger partial charge in [-0.1, -0.05) is 101 Å². The van der Waals surface area contributed by atoms with Crippen LogP contribution in [0.15, 0.2) is 261 Å². The molecule has 0 bridgehead atoms. The van der Waals surface area contributed by atoms with Crippen molar-refractivity contribution in [3.8, 4) is 11.3 Å². The van der Waals surface area contributed by atoms with E-state index in [1.165, 1.54) is 21.5 Å². The predicted octanol–water partition coefficient (Wildman–Crippen LogP) is 15.4. The number of hydrogen-bond acceptors (Lipinski definition) is 17. The van der Waals surface area contributed by atoms with Crippen LogP contribution in [0.1, 0.15) is 99.0 Å². The molecule has 0 aliphatic carbocycles. The molecule has 132 heavy (non-hydrogen) atoms. The number of benzene rings is 11. The second kappa shape index (κ2) is 42.6. The number of morpholine rings is 1. The Balaban J connectivity index is 0.000000142. The van der Waals surface area contributed by atoms with Crippen LogP contribution < -0.4 is 68.2 Å². The molecule has 0 saturated carbocycles. The van der Waals surface area contributed by atoms with Gasteiger partial charge in [-0.25, -0.2) is 0 Å². The summed E-state index contributed by atoms with van der Waals surface area (Å²) in [6.07, 6.45) is 4.59. The van der Waals surface area contributed by atoms with Crippen molar-refractivity contribution in [3.05, 3.63) is 321 Å². The Bertz CT molecular complexity index is 6780. The number of pyridine rings is 1. The molecule has 684 valence electrons. The predicted molar refractivity (Wildman–Crippen MR) is 521 cm³/mol. The molecular weight excluding hydrogens is 1830 g/mol. The number of carbonyl (C=O) groups excluding carboxylic acids is 6. The first-order valence-corrected chi connectivity index (χ1v) is 48.8. The Labute approximate surface area is 780 Å². The lowest BCUT2D eigenvalue weighted by Gasteiger charge is -2.33. The summed E-state index contributed by atoms with van der Waals surface area (Å²) in [7, 11) is -12.6. The van der Waals surface area contributed by atoms with Gasteiger partial charge in [0.25, 0.3) is 35.4 Å². The zero-order chi connectivity index (χ0) is 93.4. The van der Waals surface area contributed by atoms with Crippen molar-refractivity contribution < 1.29 is 67.2 Å². The molecule has 5 aliphatic heterocycles. The van der Waals surface area contributed by atoms with Gasteiger partial charge in [0, 0.05) is 146 Å². The third-order valence-corrected chi connectivity index (χ3v) is 29.3. The fourth-order valence-electron chi connectivity index (χ4n) is 14.9. The van der Waals surface area contributed by atoms with Crippen molar-refractivity contribution in [2.24, 2.45) is 0 Å². The molecule has 31 nitrogen and oxygen atoms in total. The van der Waals surface area contributed by atoms with E-state index in [2.05, 4.69) is 56.0 Å². The van der Waals surface area contributed by atoms with Crippen molar-refractivity contribution in [3.63, 3.8) is 0 Å². The maximum absolute atomic E-state index is 13.0. The number of ether oxygens (including phenoxy) is 1. The van der Waals surface area contributed by atoms with Crippen molar-refractivity contribution in [1.29, 1.82) is 0 Å². The monoisotopic (exact) mass is 1920 g/mol. The summed E-state index contributed by atoms with van der Waals surface area (Å²) < 4.78 is 118. The Hall–Kier alpha value is -12.9. The lowest BCUT2D eigenvalue weighted by Crippen LogP contribution is -2.47. The first kappa shape index (κ1) is 95.2. The van der Waals surface area contributed by atoms with Crippen LogP contribution in [0.3, 0.4) is 0 Å². The number of nitrogens with one attached hydrogen (secondary N) is 9. The smallest absolute Gasteiger partial charge is 0.303 e. The second-order valence-corrected chi connectivity index (χ2v) is 39.1. The molecule has 6 heterocycles. The topological polar surface area (TPSA) is 389 Å². The molecule has 0 radical (unpaired) electrons. The van der Waals surface area contributed by atoms with Crippen LogP contribution in [0, 0.1) is 13.8 Å². The fraction of sp³-hybridized carbons (Fsp3) is 0.202. The van der Waals surface area contributed by atoms with Gasteiger partial charge >= 0.3 is 40.8 Å². The minimum Gasteiger partial charge on any atom is -0.378 e. The summed E-state index contributed by atoms with van der Waals surface area (Å²) in [4.78, 5) is 82.9. The number of anilines is 11. The van der Waals surface area contributed by atoms with Gasteiger partial charge in [0.05, 0.1) is 73.8 Å². The van der Waals surface area contributed by atoms with Crippen molar-refractivity contribution in [2.75, 3.05) is 140 Å². The number of rotatable bonds is 18. The highest BCUT2D eigenvalue weighted by atomic mass is 35.5. The molecule has 9 N–H and O–H groups in total. The summed E-state index contributed by atoms with van der Waals surface area (Å²) in [5, 5.41) is 20.2. The molecule has 5 aliphatic rings.